The van der Waals surface area contributed by atoms with Gasteiger partial charge in [0.2, 0.25) is 0 Å². The number of hydrogen-bond donors (Lipinski definition) is 3. The summed E-state index contributed by atoms with van der Waals surface area (Å²) >= 11 is 5.60. The molecule has 1 fully saturated rings. The van der Waals surface area contributed by atoms with Gasteiger partial charge in [0.1, 0.15) is 11.5 Å². The molecule has 0 spiro atoms. The average molecular weight is 321 g/mol. The van der Waals surface area contributed by atoms with E-state index < -0.39 is 5.41 Å². The van der Waals surface area contributed by atoms with Crippen LogP contribution >= 0.6 is 12.2 Å². The summed E-state index contributed by atoms with van der Waals surface area (Å²) in [5.74, 6) is 0.240. The fourth-order valence-electron chi connectivity index (χ4n) is 3.15. The highest BCUT2D eigenvalue weighted by molar-refractivity contribution is 7.80. The van der Waals surface area contributed by atoms with E-state index in [-0.39, 0.29) is 11.5 Å². The minimum absolute atomic E-state index is 0.112. The number of aromatic hydroxyl groups is 2. The third-order valence-electron chi connectivity index (χ3n) is 4.08. The maximum atomic E-state index is 10.4. The van der Waals surface area contributed by atoms with Crippen molar-refractivity contribution >= 4 is 22.9 Å². The van der Waals surface area contributed by atoms with Crippen molar-refractivity contribution in [2.45, 2.75) is 31.1 Å². The Hall–Kier alpha value is -1.82. The molecule has 1 aliphatic rings. The van der Waals surface area contributed by atoms with E-state index in [1.807, 2.05) is 14.1 Å². The predicted octanol–water partition coefficient (Wildman–Crippen LogP) is 2.37. The van der Waals surface area contributed by atoms with Gasteiger partial charge in [-0.1, -0.05) is 18.6 Å². The lowest BCUT2D eigenvalue weighted by Crippen LogP contribution is -2.50. The van der Waals surface area contributed by atoms with Crippen LogP contribution in [0.2, 0.25) is 0 Å². The molecule has 0 aliphatic heterocycles. The number of nitrogens with zero attached hydrogens (tertiary/aromatic N) is 2. The summed E-state index contributed by atoms with van der Waals surface area (Å²) in [4.78, 5) is 0.619. The number of hydrazone groups is 1. The molecular weight excluding hydrogens is 298 g/mol. The maximum Gasteiger partial charge on any atom is 0.120 e. The van der Waals surface area contributed by atoms with Crippen LogP contribution in [-0.2, 0) is 5.41 Å². The number of rotatable bonds is 3. The molecule has 0 radical (unpaired) electrons. The van der Waals surface area contributed by atoms with E-state index in [1.165, 1.54) is 12.1 Å². The number of phenolic OH excluding ortho intramolecular Hbond substituents is 2. The Labute approximate surface area is 136 Å². The predicted molar refractivity (Wildman–Crippen MR) is 92.7 cm³/mol. The van der Waals surface area contributed by atoms with Crippen LogP contribution in [0.1, 0.15) is 31.2 Å². The highest BCUT2D eigenvalue weighted by Gasteiger charge is 2.45. The number of nitrogens with one attached hydrogen (secondary N) is 1. The van der Waals surface area contributed by atoms with Crippen LogP contribution in [0.5, 0.6) is 11.5 Å². The SMILES string of the molecule is CNC(=S)C1(c2cc(O)ccc2O)CCCCC1=NN(C)C. The average Bonchev–Trinajstić information content (AvgIpc) is 2.49. The molecule has 6 heteroatoms. The second-order valence-corrected chi connectivity index (χ2v) is 6.20. The molecule has 5 nitrogen and oxygen atoms in total. The number of hydrogen-bond acceptors (Lipinski definition) is 5. The summed E-state index contributed by atoms with van der Waals surface area (Å²) in [7, 11) is 5.53. The van der Waals surface area contributed by atoms with Crippen molar-refractivity contribution in [2.24, 2.45) is 5.10 Å². The number of thiocarbonyl (C=S) groups is 1. The van der Waals surface area contributed by atoms with Crippen LogP contribution in [0.3, 0.4) is 0 Å². The van der Waals surface area contributed by atoms with Gasteiger partial charge in [-0.25, -0.2) is 0 Å². The summed E-state index contributed by atoms with van der Waals surface area (Å²) in [6.07, 6.45) is 3.61. The molecule has 2 rings (SSSR count). The first-order valence-corrected chi connectivity index (χ1v) is 7.82. The molecule has 0 bridgehead atoms. The fourth-order valence-corrected chi connectivity index (χ4v) is 3.48. The third kappa shape index (κ3) is 2.88. The molecule has 3 N–H and O–H groups in total. The molecular formula is C16H23N3O2S. The van der Waals surface area contributed by atoms with Gasteiger partial charge in [0, 0.05) is 26.7 Å². The zero-order valence-corrected chi connectivity index (χ0v) is 14.1. The Morgan fingerprint density at radius 3 is 2.68 bits per heavy atom. The lowest BCUT2D eigenvalue weighted by Gasteiger charge is -2.40. The van der Waals surface area contributed by atoms with Crippen molar-refractivity contribution in [1.29, 1.82) is 0 Å². The first-order valence-electron chi connectivity index (χ1n) is 7.41. The first kappa shape index (κ1) is 16.5. The van der Waals surface area contributed by atoms with Gasteiger partial charge in [-0.05, 0) is 37.5 Å². The fraction of sp³-hybridized carbons (Fsp3) is 0.500. The molecule has 0 heterocycles. The van der Waals surface area contributed by atoms with Crippen LogP contribution < -0.4 is 5.32 Å². The van der Waals surface area contributed by atoms with E-state index in [0.29, 0.717) is 10.6 Å². The van der Waals surface area contributed by atoms with Crippen LogP contribution in [0, 0.1) is 0 Å². The molecule has 1 aliphatic carbocycles. The molecule has 1 atom stereocenters. The van der Waals surface area contributed by atoms with Gasteiger partial charge in [0.25, 0.3) is 0 Å². The van der Waals surface area contributed by atoms with Gasteiger partial charge in [-0.3, -0.25) is 0 Å². The second kappa shape index (κ2) is 6.52. The number of likely N-dealkylation sites (N-methyl/N-ethyl adjacent to an activating group) is 1. The lowest BCUT2D eigenvalue weighted by molar-refractivity contribution is 0.413. The monoisotopic (exact) mass is 321 g/mol. The Morgan fingerprint density at radius 2 is 2.05 bits per heavy atom. The Bertz CT molecular complexity index is 601. The molecule has 22 heavy (non-hydrogen) atoms. The van der Waals surface area contributed by atoms with Crippen LogP contribution in [-0.4, -0.2) is 47.1 Å². The van der Waals surface area contributed by atoms with E-state index in [1.54, 1.807) is 18.1 Å². The minimum Gasteiger partial charge on any atom is -0.508 e. The maximum absolute atomic E-state index is 10.4. The lowest BCUT2D eigenvalue weighted by atomic mass is 9.67. The summed E-state index contributed by atoms with van der Waals surface area (Å²) in [6.45, 7) is 0. The Balaban J connectivity index is 2.70. The van der Waals surface area contributed by atoms with Crippen LogP contribution in [0.4, 0.5) is 0 Å². The summed E-state index contributed by atoms with van der Waals surface area (Å²) in [5.41, 5.74) is 0.867. The summed E-state index contributed by atoms with van der Waals surface area (Å²) < 4.78 is 0. The quantitative estimate of drug-likeness (QED) is 0.453. The normalized spacial score (nSPS) is 23.3. The van der Waals surface area contributed by atoms with E-state index in [4.69, 9.17) is 12.2 Å². The van der Waals surface area contributed by atoms with Crippen molar-refractivity contribution in [3.05, 3.63) is 23.8 Å². The van der Waals surface area contributed by atoms with Gasteiger partial charge in [-0.2, -0.15) is 5.10 Å². The van der Waals surface area contributed by atoms with Crippen molar-refractivity contribution in [1.82, 2.24) is 10.3 Å². The molecule has 120 valence electrons. The standard InChI is InChI=1S/C16H23N3O2S/c1-17-15(22)16(12-10-11(20)7-8-13(12)21)9-5-4-6-14(16)18-19(2)3/h7-8,10,20-21H,4-6,9H2,1-3H3,(H,17,22). The zero-order chi connectivity index (χ0) is 16.3. The molecule has 0 saturated heterocycles. The van der Waals surface area contributed by atoms with E-state index >= 15 is 0 Å². The van der Waals surface area contributed by atoms with Crippen molar-refractivity contribution < 1.29 is 10.2 Å². The summed E-state index contributed by atoms with van der Waals surface area (Å²) in [6, 6.07) is 4.57. The first-order chi connectivity index (χ1) is 10.4. The smallest absolute Gasteiger partial charge is 0.120 e. The Kier molecular flexibility index (Phi) is 4.90. The zero-order valence-electron chi connectivity index (χ0n) is 13.3. The molecule has 1 saturated carbocycles. The van der Waals surface area contributed by atoms with Crippen LogP contribution in [0.25, 0.3) is 0 Å². The topological polar surface area (TPSA) is 68.1 Å². The van der Waals surface area contributed by atoms with Gasteiger partial charge in [0.15, 0.2) is 0 Å². The van der Waals surface area contributed by atoms with Gasteiger partial charge >= 0.3 is 0 Å². The molecule has 0 aromatic heterocycles. The van der Waals surface area contributed by atoms with Crippen LogP contribution in [0.15, 0.2) is 23.3 Å². The van der Waals surface area contributed by atoms with Gasteiger partial charge in [0.05, 0.1) is 16.1 Å². The van der Waals surface area contributed by atoms with Crippen molar-refractivity contribution in [3.63, 3.8) is 0 Å². The largest absolute Gasteiger partial charge is 0.508 e. The molecule has 1 unspecified atom stereocenters. The van der Waals surface area contributed by atoms with Gasteiger partial charge in [-0.15, -0.1) is 0 Å². The number of phenols is 2. The molecule has 1 aromatic carbocycles. The van der Waals surface area contributed by atoms with Crippen molar-refractivity contribution in [3.8, 4) is 11.5 Å². The van der Waals surface area contributed by atoms with E-state index in [9.17, 15) is 10.2 Å². The number of benzene rings is 1. The highest BCUT2D eigenvalue weighted by Crippen LogP contribution is 2.43. The minimum atomic E-state index is -0.671. The summed E-state index contributed by atoms with van der Waals surface area (Å²) in [5, 5.41) is 29.7. The molecule has 0 amide bonds. The second-order valence-electron chi connectivity index (χ2n) is 5.79. The third-order valence-corrected chi connectivity index (χ3v) is 4.64. The van der Waals surface area contributed by atoms with E-state index in [2.05, 4.69) is 10.4 Å². The Morgan fingerprint density at radius 1 is 1.32 bits per heavy atom. The highest BCUT2D eigenvalue weighted by atomic mass is 32.1. The van der Waals surface area contributed by atoms with Crippen molar-refractivity contribution in [2.75, 3.05) is 21.1 Å². The molecule has 1 aromatic rings. The van der Waals surface area contributed by atoms with E-state index in [0.717, 1.165) is 31.4 Å². The van der Waals surface area contributed by atoms with Gasteiger partial charge < -0.3 is 20.5 Å².